The van der Waals surface area contributed by atoms with E-state index in [4.69, 9.17) is 27.9 Å². The second-order valence-corrected chi connectivity index (χ2v) is 5.28. The highest BCUT2D eigenvalue weighted by Crippen LogP contribution is 2.32. The quantitative estimate of drug-likeness (QED) is 0.649. The number of carbonyl (C=O) groups is 1. The molecular formula is C17H18Cl2FNO2. The van der Waals surface area contributed by atoms with Gasteiger partial charge in [0.2, 0.25) is 0 Å². The molecule has 0 atom stereocenters. The zero-order valence-electron chi connectivity index (χ0n) is 13.4. The van der Waals surface area contributed by atoms with Gasteiger partial charge in [-0.05, 0) is 48.9 Å². The van der Waals surface area contributed by atoms with E-state index in [1.165, 1.54) is 42.3 Å². The summed E-state index contributed by atoms with van der Waals surface area (Å²) >= 11 is 11.9. The number of hydrogen-bond donors (Lipinski definition) is 0. The molecule has 0 aliphatic heterocycles. The topological polar surface area (TPSA) is 29.5 Å². The van der Waals surface area contributed by atoms with Gasteiger partial charge in [-0.3, -0.25) is 4.90 Å². The summed E-state index contributed by atoms with van der Waals surface area (Å²) in [4.78, 5) is 13.4. The van der Waals surface area contributed by atoms with Gasteiger partial charge in [-0.25, -0.2) is 9.18 Å². The number of anilines is 1. The first kappa shape index (κ1) is 19.3. The largest absolute Gasteiger partial charge is 0.419 e. The van der Waals surface area contributed by atoms with Crippen molar-refractivity contribution in [2.24, 2.45) is 0 Å². The molecule has 0 fully saturated rings. The maximum absolute atomic E-state index is 12.9. The Labute approximate surface area is 145 Å². The monoisotopic (exact) mass is 357 g/mol. The minimum atomic E-state index is -0.631. The number of amides is 1. The van der Waals surface area contributed by atoms with E-state index in [1.807, 2.05) is 13.8 Å². The molecule has 2 aromatic carbocycles. The van der Waals surface area contributed by atoms with Crippen LogP contribution >= 0.6 is 23.2 Å². The van der Waals surface area contributed by atoms with Crippen molar-refractivity contribution in [2.75, 3.05) is 11.9 Å². The summed E-state index contributed by atoms with van der Waals surface area (Å²) in [6.07, 6.45) is -0.631. The maximum Gasteiger partial charge on any atom is 0.419 e. The molecule has 1 amide bonds. The van der Waals surface area contributed by atoms with Crippen LogP contribution in [0.3, 0.4) is 0 Å². The zero-order chi connectivity index (χ0) is 17.6. The number of halogens is 3. The SMILES string of the molecule is CC.Cc1cc(Cl)cc(Cl)c1OC(=O)N(C)c1ccc(F)cc1. The van der Waals surface area contributed by atoms with E-state index < -0.39 is 6.09 Å². The molecule has 0 saturated heterocycles. The maximum atomic E-state index is 12.9. The first-order chi connectivity index (χ1) is 10.9. The van der Waals surface area contributed by atoms with Crippen molar-refractivity contribution < 1.29 is 13.9 Å². The van der Waals surface area contributed by atoms with Crippen molar-refractivity contribution in [3.63, 3.8) is 0 Å². The van der Waals surface area contributed by atoms with Crippen LogP contribution in [0.1, 0.15) is 19.4 Å². The summed E-state index contributed by atoms with van der Waals surface area (Å²) in [6, 6.07) is 8.63. The molecular weight excluding hydrogens is 340 g/mol. The van der Waals surface area contributed by atoms with Crippen molar-refractivity contribution in [1.82, 2.24) is 0 Å². The number of rotatable bonds is 2. The van der Waals surface area contributed by atoms with Gasteiger partial charge < -0.3 is 4.74 Å². The molecule has 0 aromatic heterocycles. The normalized spacial score (nSPS) is 9.70. The van der Waals surface area contributed by atoms with Gasteiger partial charge in [0.05, 0.1) is 5.02 Å². The Bertz CT molecular complexity index is 652. The van der Waals surface area contributed by atoms with E-state index in [9.17, 15) is 9.18 Å². The number of carbonyl (C=O) groups excluding carboxylic acids is 1. The average molecular weight is 358 g/mol. The molecule has 2 aromatic rings. The molecule has 0 N–H and O–H groups in total. The third-order valence-electron chi connectivity index (χ3n) is 2.87. The number of nitrogens with zero attached hydrogens (tertiary/aromatic N) is 1. The molecule has 0 heterocycles. The number of aryl methyl sites for hydroxylation is 1. The van der Waals surface area contributed by atoms with Crippen molar-refractivity contribution in [1.29, 1.82) is 0 Å². The lowest BCUT2D eigenvalue weighted by atomic mass is 10.2. The Balaban J connectivity index is 0.00000127. The molecule has 0 aliphatic rings. The predicted octanol–water partition coefficient (Wildman–Crippen LogP) is 6.10. The predicted molar refractivity (Wildman–Crippen MR) is 93.4 cm³/mol. The van der Waals surface area contributed by atoms with Crippen LogP contribution in [0.15, 0.2) is 36.4 Å². The molecule has 2 rings (SSSR count). The summed E-state index contributed by atoms with van der Waals surface area (Å²) in [7, 11) is 1.52. The van der Waals surface area contributed by atoms with Gasteiger partial charge in [0.15, 0.2) is 5.75 Å². The Hall–Kier alpha value is -1.78. The molecule has 0 saturated carbocycles. The van der Waals surface area contributed by atoms with Gasteiger partial charge in [-0.1, -0.05) is 37.0 Å². The van der Waals surface area contributed by atoms with E-state index in [1.54, 1.807) is 13.0 Å². The standard InChI is InChI=1S/C15H12Cl2FNO2.C2H6/c1-9-7-10(16)8-13(17)14(9)21-15(20)19(2)12-5-3-11(18)4-6-12;1-2/h3-8H,1-2H3;1-2H3. The fourth-order valence-corrected chi connectivity index (χ4v) is 2.38. The Morgan fingerprint density at radius 1 is 1.13 bits per heavy atom. The van der Waals surface area contributed by atoms with Gasteiger partial charge >= 0.3 is 6.09 Å². The minimum Gasteiger partial charge on any atom is -0.408 e. The fourth-order valence-electron chi connectivity index (χ4n) is 1.74. The van der Waals surface area contributed by atoms with E-state index in [0.29, 0.717) is 16.3 Å². The van der Waals surface area contributed by atoms with Crippen LogP contribution in [-0.4, -0.2) is 13.1 Å². The Kier molecular flexibility index (Phi) is 7.33. The molecule has 0 bridgehead atoms. The highest BCUT2D eigenvalue weighted by Gasteiger charge is 2.17. The summed E-state index contributed by atoms with van der Waals surface area (Å²) < 4.78 is 18.2. The lowest BCUT2D eigenvalue weighted by Gasteiger charge is -2.18. The lowest BCUT2D eigenvalue weighted by molar-refractivity contribution is 0.209. The summed E-state index contributed by atoms with van der Waals surface area (Å²) in [5, 5.41) is 0.713. The third kappa shape index (κ3) is 5.12. The summed E-state index contributed by atoms with van der Waals surface area (Å²) in [6.45, 7) is 5.73. The zero-order valence-corrected chi connectivity index (χ0v) is 14.9. The molecule has 124 valence electrons. The van der Waals surface area contributed by atoms with Crippen LogP contribution < -0.4 is 9.64 Å². The fraction of sp³-hybridized carbons (Fsp3) is 0.235. The molecule has 0 unspecified atom stereocenters. The molecule has 6 heteroatoms. The van der Waals surface area contributed by atoms with Crippen LogP contribution in [0.25, 0.3) is 0 Å². The summed E-state index contributed by atoms with van der Waals surface area (Å²) in [5.74, 6) is -0.128. The van der Waals surface area contributed by atoms with Crippen LogP contribution in [-0.2, 0) is 0 Å². The van der Waals surface area contributed by atoms with Crippen LogP contribution in [0.2, 0.25) is 10.0 Å². The highest BCUT2D eigenvalue weighted by atomic mass is 35.5. The molecule has 0 aliphatic carbocycles. The Morgan fingerprint density at radius 3 is 2.22 bits per heavy atom. The van der Waals surface area contributed by atoms with Crippen molar-refractivity contribution in [3.8, 4) is 5.75 Å². The van der Waals surface area contributed by atoms with Gasteiger partial charge in [-0.15, -0.1) is 0 Å². The second kappa shape index (κ2) is 8.75. The second-order valence-electron chi connectivity index (χ2n) is 4.44. The van der Waals surface area contributed by atoms with E-state index in [0.717, 1.165) is 0 Å². The van der Waals surface area contributed by atoms with Crippen LogP contribution in [0.4, 0.5) is 14.9 Å². The first-order valence-electron chi connectivity index (χ1n) is 7.05. The van der Waals surface area contributed by atoms with E-state index >= 15 is 0 Å². The van der Waals surface area contributed by atoms with Crippen LogP contribution in [0.5, 0.6) is 5.75 Å². The van der Waals surface area contributed by atoms with Gasteiger partial charge in [0, 0.05) is 17.8 Å². The van der Waals surface area contributed by atoms with Crippen molar-refractivity contribution in [2.45, 2.75) is 20.8 Å². The van der Waals surface area contributed by atoms with Crippen molar-refractivity contribution in [3.05, 3.63) is 57.8 Å². The first-order valence-corrected chi connectivity index (χ1v) is 7.81. The molecule has 0 spiro atoms. The highest BCUT2D eigenvalue weighted by molar-refractivity contribution is 6.35. The molecule has 0 radical (unpaired) electrons. The minimum absolute atomic E-state index is 0.250. The van der Waals surface area contributed by atoms with Gasteiger partial charge in [0.25, 0.3) is 0 Å². The van der Waals surface area contributed by atoms with Gasteiger partial charge in [-0.2, -0.15) is 0 Å². The smallest absolute Gasteiger partial charge is 0.408 e. The van der Waals surface area contributed by atoms with Crippen LogP contribution in [0, 0.1) is 12.7 Å². The average Bonchev–Trinajstić information content (AvgIpc) is 2.52. The van der Waals surface area contributed by atoms with E-state index in [-0.39, 0.29) is 16.6 Å². The Morgan fingerprint density at radius 2 is 1.70 bits per heavy atom. The number of benzene rings is 2. The van der Waals surface area contributed by atoms with E-state index in [2.05, 4.69) is 0 Å². The number of hydrogen-bond acceptors (Lipinski definition) is 2. The third-order valence-corrected chi connectivity index (χ3v) is 3.37. The number of ether oxygens (including phenoxy) is 1. The molecule has 23 heavy (non-hydrogen) atoms. The summed E-state index contributed by atoms with van der Waals surface area (Å²) in [5.41, 5.74) is 1.15. The van der Waals surface area contributed by atoms with Crippen molar-refractivity contribution >= 4 is 35.0 Å². The molecule has 3 nitrogen and oxygen atoms in total. The lowest BCUT2D eigenvalue weighted by Crippen LogP contribution is -2.29. The van der Waals surface area contributed by atoms with Gasteiger partial charge in [0.1, 0.15) is 5.82 Å².